The lowest BCUT2D eigenvalue weighted by atomic mass is 10.2. The fraction of sp³-hybridized carbons (Fsp3) is 0.308. The third-order valence-corrected chi connectivity index (χ3v) is 3.65. The van der Waals surface area contributed by atoms with Crippen molar-refractivity contribution >= 4 is 28.9 Å². The molecule has 3 nitrogen and oxygen atoms in total. The van der Waals surface area contributed by atoms with E-state index >= 15 is 0 Å². The van der Waals surface area contributed by atoms with Crippen LogP contribution in [0.2, 0.25) is 10.0 Å². The van der Waals surface area contributed by atoms with Gasteiger partial charge >= 0.3 is 0 Å². The number of aryl methyl sites for hydroxylation is 1. The molecule has 0 aliphatic rings. The molecule has 18 heavy (non-hydrogen) atoms. The Morgan fingerprint density at radius 1 is 1.17 bits per heavy atom. The van der Waals surface area contributed by atoms with Gasteiger partial charge in [0, 0.05) is 0 Å². The van der Waals surface area contributed by atoms with Gasteiger partial charge < -0.3 is 5.73 Å². The maximum atomic E-state index is 6.09. The molecular weight excluding hydrogens is 269 g/mol. The van der Waals surface area contributed by atoms with E-state index in [4.69, 9.17) is 28.9 Å². The van der Waals surface area contributed by atoms with Gasteiger partial charge in [0.05, 0.1) is 32.8 Å². The fourth-order valence-corrected chi connectivity index (χ4v) is 2.24. The van der Waals surface area contributed by atoms with Gasteiger partial charge in [-0.15, -0.1) is 0 Å². The molecular formula is C13H15Cl2N3. The summed E-state index contributed by atoms with van der Waals surface area (Å²) in [7, 11) is 0. The van der Waals surface area contributed by atoms with Gasteiger partial charge in [-0.1, -0.05) is 37.0 Å². The standard InChI is InChI=1S/C13H15Cl2N3/c1-3-11-13(16)12(4-2)18(17-11)8-5-6-9(14)10(15)7-8/h5-7H,3-4,16H2,1-2H3. The van der Waals surface area contributed by atoms with Crippen LogP contribution in [0.25, 0.3) is 5.69 Å². The summed E-state index contributed by atoms with van der Waals surface area (Å²) in [6.07, 6.45) is 1.63. The van der Waals surface area contributed by atoms with Crippen LogP contribution in [0, 0.1) is 0 Å². The van der Waals surface area contributed by atoms with Crippen molar-refractivity contribution in [1.29, 1.82) is 0 Å². The van der Waals surface area contributed by atoms with E-state index in [9.17, 15) is 0 Å². The molecule has 0 bridgehead atoms. The van der Waals surface area contributed by atoms with E-state index in [-0.39, 0.29) is 0 Å². The first-order valence-corrected chi connectivity index (χ1v) is 6.65. The zero-order valence-corrected chi connectivity index (χ0v) is 11.9. The van der Waals surface area contributed by atoms with Crippen molar-refractivity contribution in [2.75, 3.05) is 5.73 Å². The maximum Gasteiger partial charge on any atom is 0.0858 e. The van der Waals surface area contributed by atoms with E-state index in [2.05, 4.69) is 12.0 Å². The summed E-state index contributed by atoms with van der Waals surface area (Å²) in [5, 5.41) is 5.58. The summed E-state index contributed by atoms with van der Waals surface area (Å²) < 4.78 is 1.84. The zero-order chi connectivity index (χ0) is 13.3. The van der Waals surface area contributed by atoms with Crippen LogP contribution in [0.4, 0.5) is 5.69 Å². The molecule has 1 aromatic heterocycles. The SMILES string of the molecule is CCc1nn(-c2ccc(Cl)c(Cl)c2)c(CC)c1N. The number of hydrogen-bond acceptors (Lipinski definition) is 2. The van der Waals surface area contributed by atoms with Crippen LogP contribution in [0.5, 0.6) is 0 Å². The Morgan fingerprint density at radius 2 is 1.89 bits per heavy atom. The van der Waals surface area contributed by atoms with Gasteiger partial charge in [-0.3, -0.25) is 0 Å². The van der Waals surface area contributed by atoms with Crippen molar-refractivity contribution in [3.05, 3.63) is 39.6 Å². The number of nitrogen functional groups attached to an aromatic ring is 1. The normalized spacial score (nSPS) is 10.9. The van der Waals surface area contributed by atoms with Crippen molar-refractivity contribution in [2.24, 2.45) is 0 Å². The van der Waals surface area contributed by atoms with E-state index < -0.39 is 0 Å². The molecule has 0 radical (unpaired) electrons. The molecule has 1 heterocycles. The second-order valence-corrected chi connectivity index (χ2v) is 4.84. The maximum absolute atomic E-state index is 6.09. The predicted molar refractivity (Wildman–Crippen MR) is 76.8 cm³/mol. The van der Waals surface area contributed by atoms with E-state index in [1.807, 2.05) is 17.7 Å². The number of nitrogens with zero attached hydrogens (tertiary/aromatic N) is 2. The molecule has 1 aromatic carbocycles. The fourth-order valence-electron chi connectivity index (χ4n) is 1.95. The summed E-state index contributed by atoms with van der Waals surface area (Å²) in [5.41, 5.74) is 9.66. The Kier molecular flexibility index (Phi) is 3.83. The lowest BCUT2D eigenvalue weighted by molar-refractivity contribution is 0.794. The highest BCUT2D eigenvalue weighted by atomic mass is 35.5. The van der Waals surface area contributed by atoms with E-state index in [1.165, 1.54) is 0 Å². The van der Waals surface area contributed by atoms with Gasteiger partial charge in [0.15, 0.2) is 0 Å². The Morgan fingerprint density at radius 3 is 2.44 bits per heavy atom. The molecule has 5 heteroatoms. The molecule has 0 spiro atoms. The summed E-state index contributed by atoms with van der Waals surface area (Å²) in [4.78, 5) is 0. The summed E-state index contributed by atoms with van der Waals surface area (Å²) in [5.74, 6) is 0. The second-order valence-electron chi connectivity index (χ2n) is 4.02. The lowest BCUT2D eigenvalue weighted by Gasteiger charge is -2.07. The number of halogens is 2. The average Bonchev–Trinajstić information content (AvgIpc) is 2.69. The summed E-state index contributed by atoms with van der Waals surface area (Å²) in [6.45, 7) is 4.10. The molecule has 0 aliphatic heterocycles. The zero-order valence-electron chi connectivity index (χ0n) is 10.4. The first-order valence-electron chi connectivity index (χ1n) is 5.90. The van der Waals surface area contributed by atoms with Crippen molar-refractivity contribution in [3.8, 4) is 5.69 Å². The van der Waals surface area contributed by atoms with E-state index in [1.54, 1.807) is 12.1 Å². The third kappa shape index (κ3) is 2.20. The summed E-state index contributed by atoms with van der Waals surface area (Å²) >= 11 is 12.0. The number of aromatic nitrogens is 2. The van der Waals surface area contributed by atoms with Gasteiger partial charge in [0.2, 0.25) is 0 Å². The quantitative estimate of drug-likeness (QED) is 0.929. The van der Waals surface area contributed by atoms with E-state index in [0.717, 1.165) is 35.6 Å². The Balaban J connectivity index is 2.59. The molecule has 0 saturated carbocycles. The summed E-state index contributed by atoms with van der Waals surface area (Å²) in [6, 6.07) is 5.45. The van der Waals surface area contributed by atoms with Crippen molar-refractivity contribution in [2.45, 2.75) is 26.7 Å². The number of nitrogens with two attached hydrogens (primary N) is 1. The highest BCUT2D eigenvalue weighted by Gasteiger charge is 2.14. The molecule has 0 aliphatic carbocycles. The van der Waals surface area contributed by atoms with Crippen LogP contribution in [-0.2, 0) is 12.8 Å². The smallest absolute Gasteiger partial charge is 0.0858 e. The van der Waals surface area contributed by atoms with Gasteiger partial charge in [-0.05, 0) is 31.0 Å². The monoisotopic (exact) mass is 283 g/mol. The Labute approximate surface area is 117 Å². The topological polar surface area (TPSA) is 43.8 Å². The molecule has 0 atom stereocenters. The van der Waals surface area contributed by atoms with Gasteiger partial charge in [-0.2, -0.15) is 5.10 Å². The first kappa shape index (κ1) is 13.2. The third-order valence-electron chi connectivity index (χ3n) is 2.92. The minimum Gasteiger partial charge on any atom is -0.396 e. The number of rotatable bonds is 3. The van der Waals surface area contributed by atoms with Crippen molar-refractivity contribution in [1.82, 2.24) is 9.78 Å². The molecule has 96 valence electrons. The molecule has 0 unspecified atom stereocenters. The molecule has 2 rings (SSSR count). The molecule has 2 aromatic rings. The van der Waals surface area contributed by atoms with Crippen LogP contribution in [-0.4, -0.2) is 9.78 Å². The highest BCUT2D eigenvalue weighted by molar-refractivity contribution is 6.42. The minimum absolute atomic E-state index is 0.517. The van der Waals surface area contributed by atoms with Crippen molar-refractivity contribution < 1.29 is 0 Å². The minimum atomic E-state index is 0.517. The van der Waals surface area contributed by atoms with Crippen LogP contribution < -0.4 is 5.73 Å². The predicted octanol–water partition coefficient (Wildman–Crippen LogP) is 3.89. The highest BCUT2D eigenvalue weighted by Crippen LogP contribution is 2.27. The first-order chi connectivity index (χ1) is 8.58. The average molecular weight is 284 g/mol. The van der Waals surface area contributed by atoms with Gasteiger partial charge in [0.25, 0.3) is 0 Å². The second kappa shape index (κ2) is 5.21. The van der Waals surface area contributed by atoms with Gasteiger partial charge in [-0.25, -0.2) is 4.68 Å². The number of hydrogen-bond donors (Lipinski definition) is 1. The molecule has 2 N–H and O–H groups in total. The van der Waals surface area contributed by atoms with Crippen LogP contribution in [0.15, 0.2) is 18.2 Å². The molecule has 0 fully saturated rings. The Hall–Kier alpha value is -1.19. The van der Waals surface area contributed by atoms with E-state index in [0.29, 0.717) is 10.0 Å². The number of benzene rings is 1. The van der Waals surface area contributed by atoms with Gasteiger partial charge in [0.1, 0.15) is 0 Å². The number of anilines is 1. The van der Waals surface area contributed by atoms with Crippen LogP contribution in [0.1, 0.15) is 25.2 Å². The molecule has 0 saturated heterocycles. The molecule has 0 amide bonds. The Bertz CT molecular complexity index is 576. The van der Waals surface area contributed by atoms with Crippen LogP contribution in [0.3, 0.4) is 0 Å². The van der Waals surface area contributed by atoms with Crippen molar-refractivity contribution in [3.63, 3.8) is 0 Å². The lowest BCUT2D eigenvalue weighted by Crippen LogP contribution is -2.02. The largest absolute Gasteiger partial charge is 0.396 e. The van der Waals surface area contributed by atoms with Crippen LogP contribution >= 0.6 is 23.2 Å².